The maximum atomic E-state index is 3.54. The van der Waals surface area contributed by atoms with Gasteiger partial charge in [0.2, 0.25) is 0 Å². The van der Waals surface area contributed by atoms with Gasteiger partial charge in [0, 0.05) is 6.04 Å². The molecule has 2 rings (SSSR count). The van der Waals surface area contributed by atoms with E-state index in [1.54, 1.807) is 5.57 Å². The Kier molecular flexibility index (Phi) is 1.53. The van der Waals surface area contributed by atoms with Crippen molar-refractivity contribution in [2.24, 2.45) is 5.92 Å². The number of hydrogen-bond donors (Lipinski definition) is 1. The van der Waals surface area contributed by atoms with Gasteiger partial charge in [-0.2, -0.15) is 0 Å². The normalized spacial score (nSPS) is 39.1. The predicted molar refractivity (Wildman–Crippen MR) is 42.9 cm³/mol. The third-order valence-electron chi connectivity index (χ3n) is 2.85. The van der Waals surface area contributed by atoms with Crippen molar-refractivity contribution < 1.29 is 0 Å². The van der Waals surface area contributed by atoms with Crippen LogP contribution in [0, 0.1) is 5.92 Å². The van der Waals surface area contributed by atoms with E-state index >= 15 is 0 Å². The summed E-state index contributed by atoms with van der Waals surface area (Å²) in [6, 6.07) is 0.744. The van der Waals surface area contributed by atoms with E-state index in [-0.39, 0.29) is 0 Å². The van der Waals surface area contributed by atoms with Gasteiger partial charge in [-0.1, -0.05) is 11.6 Å². The van der Waals surface area contributed by atoms with E-state index in [1.165, 1.54) is 25.8 Å². The van der Waals surface area contributed by atoms with Crippen molar-refractivity contribution in [2.45, 2.75) is 32.2 Å². The van der Waals surface area contributed by atoms with Crippen LogP contribution in [0.1, 0.15) is 26.2 Å². The van der Waals surface area contributed by atoms with Crippen LogP contribution in [-0.4, -0.2) is 12.6 Å². The van der Waals surface area contributed by atoms with Gasteiger partial charge in [0.25, 0.3) is 0 Å². The summed E-state index contributed by atoms with van der Waals surface area (Å²) in [6.45, 7) is 3.50. The fraction of sp³-hybridized carbons (Fsp3) is 0.778. The monoisotopic (exact) mass is 137 g/mol. The van der Waals surface area contributed by atoms with E-state index in [1.807, 2.05) is 0 Å². The summed E-state index contributed by atoms with van der Waals surface area (Å²) in [6.07, 6.45) is 6.51. The molecule has 1 fully saturated rings. The molecular formula is C9H15N. The molecule has 10 heavy (non-hydrogen) atoms. The van der Waals surface area contributed by atoms with Crippen molar-refractivity contribution in [3.8, 4) is 0 Å². The van der Waals surface area contributed by atoms with Crippen molar-refractivity contribution in [1.29, 1.82) is 0 Å². The Hall–Kier alpha value is -0.300. The first-order chi connectivity index (χ1) is 4.88. The molecule has 0 saturated carbocycles. The molecule has 0 aromatic carbocycles. The van der Waals surface area contributed by atoms with Gasteiger partial charge in [-0.15, -0.1) is 0 Å². The van der Waals surface area contributed by atoms with Crippen LogP contribution in [0.4, 0.5) is 0 Å². The highest BCUT2D eigenvalue weighted by molar-refractivity contribution is 5.15. The molecule has 0 bridgehead atoms. The fourth-order valence-corrected chi connectivity index (χ4v) is 2.25. The molecule has 1 aliphatic carbocycles. The van der Waals surface area contributed by atoms with Crippen molar-refractivity contribution in [3.63, 3.8) is 0 Å². The highest BCUT2D eigenvalue weighted by Crippen LogP contribution is 2.30. The zero-order valence-electron chi connectivity index (χ0n) is 6.56. The molecule has 0 aromatic heterocycles. The Morgan fingerprint density at radius 3 is 3.20 bits per heavy atom. The van der Waals surface area contributed by atoms with E-state index in [4.69, 9.17) is 0 Å². The van der Waals surface area contributed by atoms with Gasteiger partial charge < -0.3 is 5.32 Å². The molecule has 1 saturated heterocycles. The standard InChI is InChI=1S/C9H15N/c1-7-3-2-4-8-5-6-10-9(7)8/h3,8-10H,2,4-6H2,1H3. The van der Waals surface area contributed by atoms with Crippen LogP contribution in [0.3, 0.4) is 0 Å². The number of fused-ring (bicyclic) bond motifs is 1. The topological polar surface area (TPSA) is 12.0 Å². The summed E-state index contributed by atoms with van der Waals surface area (Å²) in [4.78, 5) is 0. The lowest BCUT2D eigenvalue weighted by Gasteiger charge is -2.24. The lowest BCUT2D eigenvalue weighted by Crippen LogP contribution is -2.29. The summed E-state index contributed by atoms with van der Waals surface area (Å²) in [5.41, 5.74) is 1.58. The van der Waals surface area contributed by atoms with Crippen LogP contribution in [0.15, 0.2) is 11.6 Å². The average molecular weight is 137 g/mol. The zero-order valence-corrected chi connectivity index (χ0v) is 6.56. The van der Waals surface area contributed by atoms with Gasteiger partial charge in [-0.25, -0.2) is 0 Å². The largest absolute Gasteiger partial charge is 0.310 e. The smallest absolute Gasteiger partial charge is 0.0305 e. The molecule has 0 radical (unpaired) electrons. The summed E-state index contributed by atoms with van der Waals surface area (Å²) < 4.78 is 0. The molecule has 1 heterocycles. The van der Waals surface area contributed by atoms with Gasteiger partial charge in [-0.05, 0) is 38.6 Å². The average Bonchev–Trinajstić information content (AvgIpc) is 2.36. The molecule has 1 nitrogen and oxygen atoms in total. The second-order valence-corrected chi connectivity index (χ2v) is 3.51. The van der Waals surface area contributed by atoms with Gasteiger partial charge in [0.05, 0.1) is 0 Å². The second kappa shape index (κ2) is 2.39. The molecule has 56 valence electrons. The molecule has 0 amide bonds. The second-order valence-electron chi connectivity index (χ2n) is 3.51. The van der Waals surface area contributed by atoms with Gasteiger partial charge in [0.15, 0.2) is 0 Å². The SMILES string of the molecule is CC1=CCCC2CCNC12. The van der Waals surface area contributed by atoms with Crippen LogP contribution in [-0.2, 0) is 0 Å². The molecule has 2 unspecified atom stereocenters. The Balaban J connectivity index is 2.16. The minimum Gasteiger partial charge on any atom is -0.310 e. The van der Waals surface area contributed by atoms with Crippen molar-refractivity contribution in [1.82, 2.24) is 5.32 Å². The summed E-state index contributed by atoms with van der Waals surface area (Å²) >= 11 is 0. The fourth-order valence-electron chi connectivity index (χ4n) is 2.25. The van der Waals surface area contributed by atoms with Crippen molar-refractivity contribution >= 4 is 0 Å². The maximum Gasteiger partial charge on any atom is 0.0305 e. The van der Waals surface area contributed by atoms with Crippen LogP contribution < -0.4 is 5.32 Å². The number of nitrogens with one attached hydrogen (secondary N) is 1. The summed E-state index contributed by atoms with van der Waals surface area (Å²) in [7, 11) is 0. The highest BCUT2D eigenvalue weighted by atomic mass is 15.0. The van der Waals surface area contributed by atoms with E-state index in [0.29, 0.717) is 0 Å². The Morgan fingerprint density at radius 2 is 2.40 bits per heavy atom. The van der Waals surface area contributed by atoms with Crippen molar-refractivity contribution in [3.05, 3.63) is 11.6 Å². The maximum absolute atomic E-state index is 3.54. The third kappa shape index (κ3) is 0.891. The molecular weight excluding hydrogens is 122 g/mol. The molecule has 0 aromatic rings. The van der Waals surface area contributed by atoms with E-state index in [2.05, 4.69) is 18.3 Å². The van der Waals surface area contributed by atoms with Gasteiger partial charge >= 0.3 is 0 Å². The quantitative estimate of drug-likeness (QED) is 0.501. The first kappa shape index (κ1) is 6.41. The first-order valence-electron chi connectivity index (χ1n) is 4.28. The van der Waals surface area contributed by atoms with E-state index in [9.17, 15) is 0 Å². The van der Waals surface area contributed by atoms with Crippen LogP contribution >= 0.6 is 0 Å². The number of allylic oxidation sites excluding steroid dienone is 1. The molecule has 2 aliphatic rings. The molecule has 1 N–H and O–H groups in total. The summed E-state index contributed by atoms with van der Waals surface area (Å²) in [5.74, 6) is 0.963. The molecule has 0 spiro atoms. The number of hydrogen-bond acceptors (Lipinski definition) is 1. The highest BCUT2D eigenvalue weighted by Gasteiger charge is 2.29. The molecule has 2 atom stereocenters. The van der Waals surface area contributed by atoms with E-state index in [0.717, 1.165) is 12.0 Å². The predicted octanol–water partition coefficient (Wildman–Crippen LogP) is 1.70. The van der Waals surface area contributed by atoms with Crippen LogP contribution in [0.2, 0.25) is 0 Å². The van der Waals surface area contributed by atoms with Crippen LogP contribution in [0.5, 0.6) is 0 Å². The minimum absolute atomic E-state index is 0.744. The van der Waals surface area contributed by atoms with Gasteiger partial charge in [-0.3, -0.25) is 0 Å². The third-order valence-corrected chi connectivity index (χ3v) is 2.85. The lowest BCUT2D eigenvalue weighted by molar-refractivity contribution is 0.441. The molecule has 1 heteroatoms. The summed E-state index contributed by atoms with van der Waals surface area (Å²) in [5, 5.41) is 3.54. The van der Waals surface area contributed by atoms with E-state index < -0.39 is 0 Å². The Morgan fingerprint density at radius 1 is 1.50 bits per heavy atom. The molecule has 1 aliphatic heterocycles. The lowest BCUT2D eigenvalue weighted by atomic mass is 9.86. The Labute approximate surface area is 62.5 Å². The minimum atomic E-state index is 0.744. The Bertz CT molecular complexity index is 160. The van der Waals surface area contributed by atoms with Crippen LogP contribution in [0.25, 0.3) is 0 Å². The zero-order chi connectivity index (χ0) is 6.97. The van der Waals surface area contributed by atoms with Gasteiger partial charge in [0.1, 0.15) is 0 Å². The van der Waals surface area contributed by atoms with Crippen molar-refractivity contribution in [2.75, 3.05) is 6.54 Å². The number of rotatable bonds is 0. The first-order valence-corrected chi connectivity index (χ1v) is 4.28.